The zero-order valence-electron chi connectivity index (χ0n) is 16.5. The van der Waals surface area contributed by atoms with Gasteiger partial charge < -0.3 is 14.9 Å². The van der Waals surface area contributed by atoms with Crippen LogP contribution in [0.5, 0.6) is 0 Å². The van der Waals surface area contributed by atoms with Crippen molar-refractivity contribution in [2.45, 2.75) is 57.8 Å². The molecule has 0 bridgehead atoms. The number of carbonyl (C=O) groups is 1. The average Bonchev–Trinajstić information content (AvgIpc) is 3.17. The molecule has 1 aliphatic rings. The molecule has 3 unspecified atom stereocenters. The molecule has 28 heavy (non-hydrogen) atoms. The molecule has 0 saturated heterocycles. The summed E-state index contributed by atoms with van der Waals surface area (Å²) in [6.07, 6.45) is 2.16. The summed E-state index contributed by atoms with van der Waals surface area (Å²) in [4.78, 5) is 18.0. The number of nitrogens with zero attached hydrogens (tertiary/aromatic N) is 1. The Balaban J connectivity index is 1.64. The number of rotatable bonds is 8. The predicted molar refractivity (Wildman–Crippen MR) is 110 cm³/mol. The number of amides is 1. The van der Waals surface area contributed by atoms with Gasteiger partial charge in [-0.1, -0.05) is 72.7 Å². The molecule has 2 aromatic rings. The van der Waals surface area contributed by atoms with Crippen molar-refractivity contribution in [2.75, 3.05) is 0 Å². The van der Waals surface area contributed by atoms with Crippen molar-refractivity contribution in [3.05, 3.63) is 71.8 Å². The van der Waals surface area contributed by atoms with Crippen LogP contribution in [0.2, 0.25) is 0 Å². The van der Waals surface area contributed by atoms with Crippen LogP contribution < -0.4 is 5.32 Å². The van der Waals surface area contributed by atoms with Gasteiger partial charge in [0.15, 0.2) is 6.10 Å². The Hall–Kier alpha value is -2.82. The number of oxime groups is 1. The maximum Gasteiger partial charge on any atom is 0.407 e. The fourth-order valence-electron chi connectivity index (χ4n) is 3.20. The molecule has 0 radical (unpaired) electrons. The van der Waals surface area contributed by atoms with Gasteiger partial charge in [0, 0.05) is 12.8 Å². The minimum atomic E-state index is -0.407. The van der Waals surface area contributed by atoms with Crippen LogP contribution in [0.4, 0.5) is 4.79 Å². The molecule has 3 rings (SSSR count). The molecule has 5 heteroatoms. The average molecular weight is 380 g/mol. The maximum atomic E-state index is 12.3. The van der Waals surface area contributed by atoms with Crippen molar-refractivity contribution in [1.82, 2.24) is 5.32 Å². The van der Waals surface area contributed by atoms with Gasteiger partial charge in [0.1, 0.15) is 6.10 Å². The highest BCUT2D eigenvalue weighted by atomic mass is 16.6. The summed E-state index contributed by atoms with van der Waals surface area (Å²) >= 11 is 0. The summed E-state index contributed by atoms with van der Waals surface area (Å²) in [5, 5.41) is 7.28. The van der Waals surface area contributed by atoms with Crippen molar-refractivity contribution in [2.24, 2.45) is 5.16 Å². The Labute approximate surface area is 166 Å². The number of alkyl carbamates (subject to hydrolysis) is 1. The van der Waals surface area contributed by atoms with Crippen LogP contribution in [-0.2, 0) is 22.4 Å². The summed E-state index contributed by atoms with van der Waals surface area (Å²) in [7, 11) is 0. The topological polar surface area (TPSA) is 59.9 Å². The second-order valence-electron chi connectivity index (χ2n) is 7.23. The van der Waals surface area contributed by atoms with Crippen LogP contribution in [-0.4, -0.2) is 30.1 Å². The van der Waals surface area contributed by atoms with Crippen molar-refractivity contribution in [3.8, 4) is 0 Å². The van der Waals surface area contributed by atoms with Gasteiger partial charge in [0.2, 0.25) is 0 Å². The molecule has 0 fully saturated rings. The van der Waals surface area contributed by atoms with Gasteiger partial charge in [-0.3, -0.25) is 0 Å². The van der Waals surface area contributed by atoms with Crippen LogP contribution in [0.15, 0.2) is 65.8 Å². The Kier molecular flexibility index (Phi) is 7.06. The van der Waals surface area contributed by atoms with Gasteiger partial charge in [0.05, 0.1) is 11.8 Å². The molecule has 5 nitrogen and oxygen atoms in total. The molecule has 3 atom stereocenters. The molecule has 148 valence electrons. The van der Waals surface area contributed by atoms with Gasteiger partial charge in [-0.15, -0.1) is 0 Å². The van der Waals surface area contributed by atoms with Crippen LogP contribution in [0.3, 0.4) is 0 Å². The van der Waals surface area contributed by atoms with Crippen LogP contribution in [0.1, 0.15) is 37.8 Å². The number of hydrogen-bond acceptors (Lipinski definition) is 4. The van der Waals surface area contributed by atoms with E-state index in [1.165, 1.54) is 5.56 Å². The van der Waals surface area contributed by atoms with Crippen molar-refractivity contribution in [3.63, 3.8) is 0 Å². The molecular formula is C23H28N2O3. The molecule has 1 aliphatic heterocycles. The van der Waals surface area contributed by atoms with Crippen LogP contribution >= 0.6 is 0 Å². The highest BCUT2D eigenvalue weighted by molar-refractivity contribution is 5.87. The first-order valence-corrected chi connectivity index (χ1v) is 9.90. The third-order valence-corrected chi connectivity index (χ3v) is 4.94. The van der Waals surface area contributed by atoms with Gasteiger partial charge in [-0.25, -0.2) is 4.79 Å². The number of hydrogen-bond donors (Lipinski definition) is 1. The van der Waals surface area contributed by atoms with Gasteiger partial charge >= 0.3 is 6.09 Å². The van der Waals surface area contributed by atoms with E-state index in [1.807, 2.05) is 50.2 Å². The highest BCUT2D eigenvalue weighted by Gasteiger charge is 2.31. The quantitative estimate of drug-likeness (QED) is 0.733. The van der Waals surface area contributed by atoms with Gasteiger partial charge in [-0.2, -0.15) is 0 Å². The zero-order chi connectivity index (χ0) is 19.8. The minimum absolute atomic E-state index is 0.119. The summed E-state index contributed by atoms with van der Waals surface area (Å²) in [5.74, 6) is 0. The molecule has 0 saturated carbocycles. The van der Waals surface area contributed by atoms with Crippen LogP contribution in [0.25, 0.3) is 0 Å². The molecule has 0 aliphatic carbocycles. The summed E-state index contributed by atoms with van der Waals surface area (Å²) < 4.78 is 5.41. The number of carbonyl (C=O) groups excluding carboxylic acids is 1. The van der Waals surface area contributed by atoms with E-state index < -0.39 is 6.09 Å². The minimum Gasteiger partial charge on any atom is -0.447 e. The maximum absolute atomic E-state index is 12.3. The van der Waals surface area contributed by atoms with E-state index in [2.05, 4.69) is 34.7 Å². The smallest absolute Gasteiger partial charge is 0.407 e. The van der Waals surface area contributed by atoms with Gasteiger partial charge in [0.25, 0.3) is 0 Å². The Morgan fingerprint density at radius 1 is 1.14 bits per heavy atom. The lowest BCUT2D eigenvalue weighted by molar-refractivity contribution is 0.0466. The van der Waals surface area contributed by atoms with Crippen molar-refractivity contribution in [1.29, 1.82) is 0 Å². The second-order valence-corrected chi connectivity index (χ2v) is 7.23. The van der Waals surface area contributed by atoms with E-state index in [9.17, 15) is 4.79 Å². The molecular weight excluding hydrogens is 352 g/mol. The number of nitrogens with one attached hydrogen (secondary N) is 1. The van der Waals surface area contributed by atoms with E-state index in [4.69, 9.17) is 9.57 Å². The third kappa shape index (κ3) is 5.84. The fourth-order valence-corrected chi connectivity index (χ4v) is 3.20. The van der Waals surface area contributed by atoms with Crippen molar-refractivity contribution >= 4 is 11.8 Å². The molecule has 2 aromatic carbocycles. The Morgan fingerprint density at radius 2 is 1.79 bits per heavy atom. The normalized spacial score (nSPS) is 17.9. The lowest BCUT2D eigenvalue weighted by Gasteiger charge is -2.24. The van der Waals surface area contributed by atoms with E-state index in [1.54, 1.807) is 0 Å². The molecule has 1 N–H and O–H groups in total. The molecule has 0 spiro atoms. The molecule has 1 heterocycles. The summed E-state index contributed by atoms with van der Waals surface area (Å²) in [6.45, 7) is 3.88. The zero-order valence-corrected chi connectivity index (χ0v) is 16.5. The first-order valence-electron chi connectivity index (χ1n) is 9.90. The Morgan fingerprint density at radius 3 is 2.43 bits per heavy atom. The van der Waals surface area contributed by atoms with E-state index in [0.29, 0.717) is 12.8 Å². The third-order valence-electron chi connectivity index (χ3n) is 4.94. The Bertz CT molecular complexity index is 777. The first-order chi connectivity index (χ1) is 13.6. The monoisotopic (exact) mass is 380 g/mol. The van der Waals surface area contributed by atoms with E-state index >= 15 is 0 Å². The van der Waals surface area contributed by atoms with E-state index in [-0.39, 0.29) is 18.2 Å². The summed E-state index contributed by atoms with van der Waals surface area (Å²) in [5.41, 5.74) is 3.33. The van der Waals surface area contributed by atoms with Crippen molar-refractivity contribution < 1.29 is 14.4 Å². The fraction of sp³-hybridized carbons (Fsp3) is 0.391. The van der Waals surface area contributed by atoms with Crippen LogP contribution in [0, 0.1) is 0 Å². The SMILES string of the molecule is CCC(C)OC(=O)NC(Cc1ccccc1)C1CC(Cc2ccccc2)=NO1. The number of ether oxygens (including phenoxy) is 1. The lowest BCUT2D eigenvalue weighted by Crippen LogP contribution is -2.45. The van der Waals surface area contributed by atoms with Gasteiger partial charge in [-0.05, 0) is 30.9 Å². The summed E-state index contributed by atoms with van der Waals surface area (Å²) in [6, 6.07) is 20.1. The van der Waals surface area contributed by atoms with E-state index in [0.717, 1.165) is 24.1 Å². The number of benzene rings is 2. The predicted octanol–water partition coefficient (Wildman–Crippen LogP) is 4.51. The highest BCUT2D eigenvalue weighted by Crippen LogP contribution is 2.20. The largest absolute Gasteiger partial charge is 0.447 e. The lowest BCUT2D eigenvalue weighted by atomic mass is 9.96. The molecule has 0 aromatic heterocycles. The molecule has 1 amide bonds. The standard InChI is InChI=1S/C23H28N2O3/c1-3-17(2)27-23(26)24-21(15-19-12-8-5-9-13-19)22-16-20(25-28-22)14-18-10-6-4-7-11-18/h4-13,17,21-22H,3,14-16H2,1-2H3,(H,24,26). The second kappa shape index (κ2) is 9.93. The first kappa shape index (κ1) is 19.9.